The number of fused-ring (bicyclic) bond motifs is 2. The van der Waals surface area contributed by atoms with Crippen molar-refractivity contribution in [3.8, 4) is 0 Å². The van der Waals surface area contributed by atoms with Gasteiger partial charge in [-0.05, 0) is 24.3 Å². The van der Waals surface area contributed by atoms with E-state index in [0.29, 0.717) is 6.61 Å². The summed E-state index contributed by atoms with van der Waals surface area (Å²) in [5, 5.41) is 11.4. The van der Waals surface area contributed by atoms with Crippen LogP contribution in [0.15, 0.2) is 11.1 Å². The quantitative estimate of drug-likeness (QED) is 0.557. The van der Waals surface area contributed by atoms with Crippen molar-refractivity contribution in [2.75, 3.05) is 6.61 Å². The van der Waals surface area contributed by atoms with Gasteiger partial charge in [-0.2, -0.15) is 0 Å². The van der Waals surface area contributed by atoms with Crippen LogP contribution in [0.5, 0.6) is 0 Å². The van der Waals surface area contributed by atoms with E-state index < -0.39 is 22.9 Å². The van der Waals surface area contributed by atoms with Crippen LogP contribution in [0.25, 0.3) is 0 Å². The van der Waals surface area contributed by atoms with Gasteiger partial charge in [0, 0.05) is 23.3 Å². The first-order valence-electron chi connectivity index (χ1n) is 9.94. The number of epoxide rings is 2. The van der Waals surface area contributed by atoms with Gasteiger partial charge in [-0.15, -0.1) is 0 Å². The lowest BCUT2D eigenvalue weighted by molar-refractivity contribution is -0.366. The third-order valence-corrected chi connectivity index (χ3v) is 9.09. The molecule has 26 heavy (non-hydrogen) atoms. The average molecular weight is 360 g/mol. The van der Waals surface area contributed by atoms with Crippen molar-refractivity contribution in [2.24, 2.45) is 17.3 Å². The van der Waals surface area contributed by atoms with Crippen molar-refractivity contribution < 1.29 is 28.8 Å². The number of aliphatic hydroxyl groups is 1. The molecule has 0 aromatic rings. The molecule has 6 nitrogen and oxygen atoms in total. The first-order valence-corrected chi connectivity index (χ1v) is 9.94. The maximum absolute atomic E-state index is 12.1. The molecular weight excluding hydrogens is 336 g/mol. The lowest BCUT2D eigenvalue weighted by atomic mass is 9.42. The summed E-state index contributed by atoms with van der Waals surface area (Å²) in [6.45, 7) is 6.89. The van der Waals surface area contributed by atoms with E-state index >= 15 is 0 Å². The molecule has 2 saturated carbocycles. The molecular formula is C20H24O6. The van der Waals surface area contributed by atoms with Crippen LogP contribution in [0.4, 0.5) is 0 Å². The Labute approximate surface area is 151 Å². The molecule has 2 unspecified atom stereocenters. The number of cyclic esters (lactones) is 1. The average Bonchev–Trinajstić information content (AvgIpc) is 3.42. The fourth-order valence-corrected chi connectivity index (χ4v) is 7.90. The summed E-state index contributed by atoms with van der Waals surface area (Å²) in [6, 6.07) is 0. The molecule has 0 radical (unpaired) electrons. The Balaban J connectivity index is 1.39. The Hall–Kier alpha value is -0.950. The summed E-state index contributed by atoms with van der Waals surface area (Å²) in [6.07, 6.45) is 1.70. The topological polar surface area (TPSA) is 80.8 Å². The Kier molecular flexibility index (Phi) is 2.19. The summed E-state index contributed by atoms with van der Waals surface area (Å²) in [5.74, 6) is 0.202. The van der Waals surface area contributed by atoms with Crippen molar-refractivity contribution in [3.63, 3.8) is 0 Å². The van der Waals surface area contributed by atoms with Gasteiger partial charge in [0.1, 0.15) is 41.7 Å². The standard InChI is InChI=1S/C20H24O6/c1-8(2)19-13(25-19)14-20(26-14)17(3)5-4-9-10(7-23-15(9)21)12(17)11-6-18(20,24-11)16(19)22/h8,11-14,16,22H,4-7H2,1-3H3/t11?,12-,13+,14?,16+,17+,18-,19+,20-/m1/s1. The van der Waals surface area contributed by atoms with E-state index in [1.165, 1.54) is 0 Å². The predicted octanol–water partition coefficient (Wildman–Crippen LogP) is 1.10. The first-order chi connectivity index (χ1) is 12.3. The van der Waals surface area contributed by atoms with Gasteiger partial charge in [0.25, 0.3) is 0 Å². The van der Waals surface area contributed by atoms with Crippen LogP contribution in [0.3, 0.4) is 0 Å². The lowest BCUT2D eigenvalue weighted by Gasteiger charge is -2.70. The summed E-state index contributed by atoms with van der Waals surface area (Å²) >= 11 is 0. The Morgan fingerprint density at radius 3 is 2.69 bits per heavy atom. The minimum absolute atomic E-state index is 0.0118. The molecule has 3 aliphatic carbocycles. The number of rotatable bonds is 1. The highest BCUT2D eigenvalue weighted by Crippen LogP contribution is 2.82. The molecule has 5 heterocycles. The first kappa shape index (κ1) is 15.0. The van der Waals surface area contributed by atoms with Gasteiger partial charge in [0.2, 0.25) is 0 Å². The zero-order valence-corrected chi connectivity index (χ0v) is 15.3. The molecule has 0 amide bonds. The maximum atomic E-state index is 12.1. The minimum Gasteiger partial charge on any atom is -0.458 e. The van der Waals surface area contributed by atoms with Gasteiger partial charge in [0.15, 0.2) is 0 Å². The summed E-state index contributed by atoms with van der Waals surface area (Å²) in [7, 11) is 0. The van der Waals surface area contributed by atoms with E-state index in [1.54, 1.807) is 0 Å². The van der Waals surface area contributed by atoms with Crippen LogP contribution >= 0.6 is 0 Å². The number of hydrogen-bond acceptors (Lipinski definition) is 6. The zero-order chi connectivity index (χ0) is 17.9. The summed E-state index contributed by atoms with van der Waals surface area (Å²) < 4.78 is 24.5. The molecule has 1 N–H and O–H groups in total. The molecule has 0 aromatic heterocycles. The SMILES string of the molecule is CC(C)[C@]12O[C@H]1C1O[C@@]13[C@@]1(C)CCC4=C(COC4=O)[C@@H]1C1C[C@@]3(O1)[C@@H]2O. The van der Waals surface area contributed by atoms with Crippen molar-refractivity contribution in [3.05, 3.63) is 11.1 Å². The molecule has 4 saturated heterocycles. The molecule has 5 aliphatic heterocycles. The molecule has 2 bridgehead atoms. The lowest BCUT2D eigenvalue weighted by Crippen LogP contribution is -2.83. The van der Waals surface area contributed by atoms with Gasteiger partial charge >= 0.3 is 5.97 Å². The smallest absolute Gasteiger partial charge is 0.334 e. The molecule has 6 fully saturated rings. The van der Waals surface area contributed by atoms with Crippen molar-refractivity contribution in [1.82, 2.24) is 0 Å². The van der Waals surface area contributed by atoms with E-state index in [0.717, 1.165) is 30.4 Å². The van der Waals surface area contributed by atoms with E-state index in [1.807, 2.05) is 0 Å². The number of hydrogen-bond donors (Lipinski definition) is 1. The predicted molar refractivity (Wildman–Crippen MR) is 87.1 cm³/mol. The number of aliphatic hydroxyl groups excluding tert-OH is 1. The number of esters is 1. The molecule has 140 valence electrons. The van der Waals surface area contributed by atoms with Crippen LogP contribution in [-0.2, 0) is 23.7 Å². The monoisotopic (exact) mass is 360 g/mol. The van der Waals surface area contributed by atoms with E-state index in [9.17, 15) is 9.90 Å². The Bertz CT molecular complexity index is 811. The number of ether oxygens (including phenoxy) is 4. The number of carbonyl (C=O) groups is 1. The van der Waals surface area contributed by atoms with Gasteiger partial charge in [-0.1, -0.05) is 20.8 Å². The third-order valence-electron chi connectivity index (χ3n) is 9.09. The Morgan fingerprint density at radius 2 is 1.96 bits per heavy atom. The zero-order valence-electron chi connectivity index (χ0n) is 15.3. The van der Waals surface area contributed by atoms with Crippen LogP contribution in [0, 0.1) is 17.3 Å². The normalized spacial score (nSPS) is 63.1. The maximum Gasteiger partial charge on any atom is 0.334 e. The second kappa shape index (κ2) is 3.79. The highest BCUT2D eigenvalue weighted by molar-refractivity contribution is 5.92. The van der Waals surface area contributed by atoms with Crippen molar-refractivity contribution in [1.29, 1.82) is 0 Å². The number of carbonyl (C=O) groups excluding carboxylic acids is 1. The second-order valence-electron chi connectivity index (χ2n) is 9.95. The van der Waals surface area contributed by atoms with Gasteiger partial charge < -0.3 is 24.1 Å². The van der Waals surface area contributed by atoms with Crippen molar-refractivity contribution >= 4 is 5.97 Å². The molecule has 6 heteroatoms. The second-order valence-corrected chi connectivity index (χ2v) is 9.95. The molecule has 8 aliphatic rings. The van der Waals surface area contributed by atoms with Crippen LogP contribution in [0.1, 0.15) is 40.0 Å². The largest absolute Gasteiger partial charge is 0.458 e. The van der Waals surface area contributed by atoms with E-state index in [-0.39, 0.29) is 41.5 Å². The van der Waals surface area contributed by atoms with Crippen LogP contribution in [-0.4, -0.2) is 58.9 Å². The fraction of sp³-hybridized carbons (Fsp3) is 0.850. The van der Waals surface area contributed by atoms with Crippen LogP contribution in [0.2, 0.25) is 0 Å². The van der Waals surface area contributed by atoms with Gasteiger partial charge in [-0.3, -0.25) is 0 Å². The van der Waals surface area contributed by atoms with Crippen LogP contribution < -0.4 is 0 Å². The van der Waals surface area contributed by atoms with Crippen molar-refractivity contribution in [2.45, 2.75) is 81.3 Å². The highest BCUT2D eigenvalue weighted by Gasteiger charge is 2.97. The molecule has 0 aromatic carbocycles. The van der Waals surface area contributed by atoms with Gasteiger partial charge in [-0.25, -0.2) is 4.79 Å². The fourth-order valence-electron chi connectivity index (χ4n) is 7.90. The van der Waals surface area contributed by atoms with E-state index in [4.69, 9.17) is 18.9 Å². The van der Waals surface area contributed by atoms with E-state index in [2.05, 4.69) is 20.8 Å². The minimum atomic E-state index is -0.662. The molecule has 8 rings (SSSR count). The summed E-state index contributed by atoms with van der Waals surface area (Å²) in [4.78, 5) is 12.1. The van der Waals surface area contributed by atoms with Gasteiger partial charge in [0.05, 0.1) is 6.10 Å². The molecule has 2 spiro atoms. The molecule has 9 atom stereocenters. The Morgan fingerprint density at radius 1 is 1.19 bits per heavy atom. The third kappa shape index (κ3) is 1.12. The summed E-state index contributed by atoms with van der Waals surface area (Å²) in [5.41, 5.74) is 0.151. The highest BCUT2D eigenvalue weighted by atomic mass is 16.7.